The monoisotopic (exact) mass is 304 g/mol. The predicted octanol–water partition coefficient (Wildman–Crippen LogP) is 3.14. The van der Waals surface area contributed by atoms with Gasteiger partial charge in [0.05, 0.1) is 13.2 Å². The lowest BCUT2D eigenvalue weighted by Crippen LogP contribution is -2.38. The van der Waals surface area contributed by atoms with Gasteiger partial charge in [0.25, 0.3) is 0 Å². The number of hydrogen-bond acceptors (Lipinski definition) is 3. The van der Waals surface area contributed by atoms with Gasteiger partial charge in [-0.3, -0.25) is 9.69 Å². The average molecular weight is 304 g/mol. The van der Waals surface area contributed by atoms with Gasteiger partial charge in [-0.2, -0.15) is 0 Å². The van der Waals surface area contributed by atoms with Crippen LogP contribution in [0.2, 0.25) is 0 Å². The second kappa shape index (κ2) is 8.79. The summed E-state index contributed by atoms with van der Waals surface area (Å²) >= 11 is 0. The molecular weight excluding hydrogens is 276 g/mol. The predicted molar refractivity (Wildman–Crippen MR) is 89.1 cm³/mol. The van der Waals surface area contributed by atoms with Crippen molar-refractivity contribution in [2.45, 2.75) is 45.1 Å². The minimum atomic E-state index is 0.119. The van der Waals surface area contributed by atoms with Gasteiger partial charge in [-0.1, -0.05) is 31.9 Å². The molecule has 2 rings (SSSR count). The highest BCUT2D eigenvalue weighted by atomic mass is 16.5. The zero-order chi connectivity index (χ0) is 15.8. The van der Waals surface area contributed by atoms with E-state index in [4.69, 9.17) is 4.74 Å². The first-order valence-electron chi connectivity index (χ1n) is 8.39. The number of likely N-dealkylation sites (tertiary alicyclic amines) is 1. The van der Waals surface area contributed by atoms with Gasteiger partial charge in [-0.05, 0) is 43.6 Å². The Bertz CT molecular complexity index is 451. The summed E-state index contributed by atoms with van der Waals surface area (Å²) in [5, 5.41) is 3.07. The minimum Gasteiger partial charge on any atom is -0.497 e. The molecule has 0 spiro atoms. The zero-order valence-corrected chi connectivity index (χ0v) is 13.8. The van der Waals surface area contributed by atoms with Gasteiger partial charge in [0.15, 0.2) is 0 Å². The lowest BCUT2D eigenvalue weighted by atomic mass is 10.0. The first kappa shape index (κ1) is 16.8. The van der Waals surface area contributed by atoms with E-state index in [1.165, 1.54) is 31.2 Å². The van der Waals surface area contributed by atoms with E-state index in [1.807, 2.05) is 19.1 Å². The van der Waals surface area contributed by atoms with Crippen molar-refractivity contribution in [1.82, 2.24) is 10.2 Å². The van der Waals surface area contributed by atoms with Crippen LogP contribution < -0.4 is 10.1 Å². The molecule has 1 unspecified atom stereocenters. The molecule has 1 amide bonds. The van der Waals surface area contributed by atoms with Crippen molar-refractivity contribution in [2.75, 3.05) is 26.7 Å². The number of methoxy groups -OCH3 is 1. The SMILES string of the molecule is CCC(=O)NCC(c1ccc(OC)cc1)N1CCCCCC1. The molecule has 4 nitrogen and oxygen atoms in total. The van der Waals surface area contributed by atoms with E-state index in [1.54, 1.807) is 7.11 Å². The molecule has 1 aromatic carbocycles. The van der Waals surface area contributed by atoms with Crippen LogP contribution in [-0.4, -0.2) is 37.6 Å². The van der Waals surface area contributed by atoms with Crippen molar-refractivity contribution in [3.63, 3.8) is 0 Å². The van der Waals surface area contributed by atoms with E-state index < -0.39 is 0 Å². The van der Waals surface area contributed by atoms with E-state index in [-0.39, 0.29) is 11.9 Å². The fourth-order valence-electron chi connectivity index (χ4n) is 3.03. The summed E-state index contributed by atoms with van der Waals surface area (Å²) in [6.45, 7) is 4.79. The Kier molecular flexibility index (Phi) is 6.72. The number of carbonyl (C=O) groups excluding carboxylic acids is 1. The van der Waals surface area contributed by atoms with Crippen LogP contribution in [0.3, 0.4) is 0 Å². The zero-order valence-electron chi connectivity index (χ0n) is 13.8. The van der Waals surface area contributed by atoms with E-state index in [2.05, 4.69) is 22.3 Å². The van der Waals surface area contributed by atoms with Crippen LogP contribution >= 0.6 is 0 Å². The molecule has 122 valence electrons. The summed E-state index contributed by atoms with van der Waals surface area (Å²) in [5.74, 6) is 0.990. The second-order valence-electron chi connectivity index (χ2n) is 5.90. The highest BCUT2D eigenvalue weighted by Gasteiger charge is 2.22. The largest absolute Gasteiger partial charge is 0.497 e. The van der Waals surface area contributed by atoms with E-state index in [0.717, 1.165) is 18.8 Å². The molecule has 1 N–H and O–H groups in total. The molecule has 4 heteroatoms. The second-order valence-corrected chi connectivity index (χ2v) is 5.90. The molecule has 1 saturated heterocycles. The van der Waals surface area contributed by atoms with Crippen LogP contribution in [0, 0.1) is 0 Å². The molecule has 0 bridgehead atoms. The Balaban J connectivity index is 2.12. The van der Waals surface area contributed by atoms with Gasteiger partial charge in [0.1, 0.15) is 5.75 Å². The highest BCUT2D eigenvalue weighted by molar-refractivity contribution is 5.75. The third kappa shape index (κ3) is 4.73. The fourth-order valence-corrected chi connectivity index (χ4v) is 3.03. The standard InChI is InChI=1S/C18H28N2O2/c1-3-18(21)19-14-17(20-12-6-4-5-7-13-20)15-8-10-16(22-2)11-9-15/h8-11,17H,3-7,12-14H2,1-2H3,(H,19,21). The quantitative estimate of drug-likeness (QED) is 0.878. The van der Waals surface area contributed by atoms with Crippen molar-refractivity contribution in [1.29, 1.82) is 0 Å². The Morgan fingerprint density at radius 2 is 1.82 bits per heavy atom. The van der Waals surface area contributed by atoms with E-state index in [9.17, 15) is 4.79 Å². The van der Waals surface area contributed by atoms with Crippen LogP contribution in [0.15, 0.2) is 24.3 Å². The van der Waals surface area contributed by atoms with Crippen molar-refractivity contribution in [3.05, 3.63) is 29.8 Å². The van der Waals surface area contributed by atoms with Gasteiger partial charge in [-0.15, -0.1) is 0 Å². The maximum Gasteiger partial charge on any atom is 0.219 e. The maximum atomic E-state index is 11.6. The Morgan fingerprint density at radius 1 is 1.18 bits per heavy atom. The number of amides is 1. The number of nitrogens with one attached hydrogen (secondary N) is 1. The topological polar surface area (TPSA) is 41.6 Å². The van der Waals surface area contributed by atoms with Crippen LogP contribution in [-0.2, 0) is 4.79 Å². The van der Waals surface area contributed by atoms with Crippen LogP contribution in [0.5, 0.6) is 5.75 Å². The molecule has 0 radical (unpaired) electrons. The molecule has 1 fully saturated rings. The third-order valence-electron chi connectivity index (χ3n) is 4.40. The summed E-state index contributed by atoms with van der Waals surface area (Å²) in [4.78, 5) is 14.2. The minimum absolute atomic E-state index is 0.119. The van der Waals surface area contributed by atoms with Gasteiger partial charge in [-0.25, -0.2) is 0 Å². The first-order chi connectivity index (χ1) is 10.7. The molecule has 1 aliphatic rings. The Hall–Kier alpha value is -1.55. The average Bonchev–Trinajstić information content (AvgIpc) is 2.84. The molecular formula is C18H28N2O2. The van der Waals surface area contributed by atoms with Gasteiger partial charge in [0.2, 0.25) is 5.91 Å². The molecule has 1 heterocycles. The van der Waals surface area contributed by atoms with Gasteiger partial charge >= 0.3 is 0 Å². The van der Waals surface area contributed by atoms with Crippen molar-refractivity contribution in [2.24, 2.45) is 0 Å². The summed E-state index contributed by atoms with van der Waals surface area (Å²) in [6.07, 6.45) is 5.65. The Labute approximate surface area is 133 Å². The Morgan fingerprint density at radius 3 is 2.36 bits per heavy atom. The van der Waals surface area contributed by atoms with Gasteiger partial charge < -0.3 is 10.1 Å². The van der Waals surface area contributed by atoms with Crippen LogP contribution in [0.25, 0.3) is 0 Å². The molecule has 1 aliphatic heterocycles. The number of nitrogens with zero attached hydrogens (tertiary/aromatic N) is 1. The van der Waals surface area contributed by atoms with Crippen LogP contribution in [0.4, 0.5) is 0 Å². The summed E-state index contributed by atoms with van der Waals surface area (Å²) in [5.41, 5.74) is 1.25. The first-order valence-corrected chi connectivity index (χ1v) is 8.39. The number of hydrogen-bond donors (Lipinski definition) is 1. The number of rotatable bonds is 6. The smallest absolute Gasteiger partial charge is 0.219 e. The number of benzene rings is 1. The van der Waals surface area contributed by atoms with Gasteiger partial charge in [0, 0.05) is 13.0 Å². The summed E-state index contributed by atoms with van der Waals surface area (Å²) < 4.78 is 5.25. The molecule has 0 saturated carbocycles. The van der Waals surface area contributed by atoms with Crippen molar-refractivity contribution >= 4 is 5.91 Å². The molecule has 22 heavy (non-hydrogen) atoms. The fraction of sp³-hybridized carbons (Fsp3) is 0.611. The van der Waals surface area contributed by atoms with E-state index >= 15 is 0 Å². The lowest BCUT2D eigenvalue weighted by Gasteiger charge is -2.31. The number of carbonyl (C=O) groups is 1. The molecule has 0 aromatic heterocycles. The maximum absolute atomic E-state index is 11.6. The molecule has 1 atom stereocenters. The van der Waals surface area contributed by atoms with Crippen molar-refractivity contribution < 1.29 is 9.53 Å². The molecule has 0 aliphatic carbocycles. The lowest BCUT2D eigenvalue weighted by molar-refractivity contribution is -0.121. The highest BCUT2D eigenvalue weighted by Crippen LogP contribution is 2.25. The number of ether oxygens (including phenoxy) is 1. The van der Waals surface area contributed by atoms with Crippen molar-refractivity contribution in [3.8, 4) is 5.75 Å². The van der Waals surface area contributed by atoms with E-state index in [0.29, 0.717) is 13.0 Å². The normalized spacial score (nSPS) is 17.5. The third-order valence-corrected chi connectivity index (χ3v) is 4.40. The summed E-state index contributed by atoms with van der Waals surface area (Å²) in [6, 6.07) is 8.49. The molecule has 1 aromatic rings. The van der Waals surface area contributed by atoms with Crippen LogP contribution in [0.1, 0.15) is 50.6 Å². The summed E-state index contributed by atoms with van der Waals surface area (Å²) in [7, 11) is 1.68.